The highest BCUT2D eigenvalue weighted by Gasteiger charge is 2.28. The van der Waals surface area contributed by atoms with Gasteiger partial charge in [0.1, 0.15) is 0 Å². The number of hydrogen-bond acceptors (Lipinski definition) is 4. The lowest BCUT2D eigenvalue weighted by molar-refractivity contribution is -0.247. The van der Waals surface area contributed by atoms with Gasteiger partial charge in [0.05, 0.1) is 24.9 Å². The Labute approximate surface area is 122 Å². The van der Waals surface area contributed by atoms with E-state index in [4.69, 9.17) is 9.47 Å². The highest BCUT2D eigenvalue weighted by atomic mass is 16.7. The first kappa shape index (κ1) is 13.9. The quantitative estimate of drug-likeness (QED) is 0.903. The van der Waals surface area contributed by atoms with E-state index in [1.54, 1.807) is 17.0 Å². The summed E-state index contributed by atoms with van der Waals surface area (Å²) in [5.41, 5.74) is 1.65. The van der Waals surface area contributed by atoms with E-state index in [1.165, 1.54) is 0 Å². The summed E-state index contributed by atoms with van der Waals surface area (Å²) in [6, 6.07) is 7.79. The predicted octanol–water partition coefficient (Wildman–Crippen LogP) is 1.73. The van der Waals surface area contributed by atoms with Gasteiger partial charge < -0.3 is 19.8 Å². The summed E-state index contributed by atoms with van der Waals surface area (Å²) in [5.74, 6) is -0.502. The molecule has 0 amide bonds. The third kappa shape index (κ3) is 3.17. The molecule has 6 nitrogen and oxygen atoms in total. The average molecular weight is 289 g/mol. The zero-order valence-electron chi connectivity index (χ0n) is 12.1. The Hall–Kier alpha value is -2.05. The van der Waals surface area contributed by atoms with Gasteiger partial charge in [0.25, 0.3) is 0 Å². The molecule has 2 heterocycles. The second-order valence-electron chi connectivity index (χ2n) is 5.55. The Bertz CT molecular complexity index is 647. The monoisotopic (exact) mass is 289 g/mol. The first-order chi connectivity index (χ1) is 10.0. The Morgan fingerprint density at radius 2 is 1.90 bits per heavy atom. The van der Waals surface area contributed by atoms with E-state index in [2.05, 4.69) is 10.3 Å². The van der Waals surface area contributed by atoms with Crippen molar-refractivity contribution in [3.8, 4) is 5.69 Å². The SMILES string of the molecule is CC1(C)OCC(Nc2ccc(-n3cc[nH]c3=O)cc2)CO1. The van der Waals surface area contributed by atoms with Crippen LogP contribution in [0, 0.1) is 0 Å². The van der Waals surface area contributed by atoms with Gasteiger partial charge in [-0.25, -0.2) is 4.79 Å². The third-order valence-electron chi connectivity index (χ3n) is 3.43. The van der Waals surface area contributed by atoms with Crippen molar-refractivity contribution in [3.05, 3.63) is 47.1 Å². The molecule has 6 heteroatoms. The number of benzene rings is 1. The van der Waals surface area contributed by atoms with Crippen LogP contribution in [0.3, 0.4) is 0 Å². The number of ether oxygens (including phenoxy) is 2. The summed E-state index contributed by atoms with van der Waals surface area (Å²) in [6.07, 6.45) is 3.32. The number of imidazole rings is 1. The maximum atomic E-state index is 11.5. The number of aromatic nitrogens is 2. The molecule has 0 spiro atoms. The van der Waals surface area contributed by atoms with Gasteiger partial charge in [0.2, 0.25) is 0 Å². The Kier molecular flexibility index (Phi) is 3.57. The van der Waals surface area contributed by atoms with E-state index in [0.717, 1.165) is 11.4 Å². The molecule has 1 aromatic heterocycles. The van der Waals surface area contributed by atoms with Gasteiger partial charge >= 0.3 is 5.69 Å². The number of nitrogens with one attached hydrogen (secondary N) is 2. The maximum absolute atomic E-state index is 11.5. The minimum Gasteiger partial charge on any atom is -0.378 e. The number of aromatic amines is 1. The van der Waals surface area contributed by atoms with Crippen molar-refractivity contribution in [2.75, 3.05) is 18.5 Å². The molecule has 2 N–H and O–H groups in total. The summed E-state index contributed by atoms with van der Waals surface area (Å²) < 4.78 is 12.8. The fraction of sp³-hybridized carbons (Fsp3) is 0.400. The van der Waals surface area contributed by atoms with Crippen LogP contribution in [0.15, 0.2) is 41.5 Å². The van der Waals surface area contributed by atoms with E-state index in [-0.39, 0.29) is 11.7 Å². The molecule has 1 aliphatic rings. The van der Waals surface area contributed by atoms with Crippen LogP contribution in [-0.4, -0.2) is 34.6 Å². The first-order valence-corrected chi connectivity index (χ1v) is 6.94. The number of rotatable bonds is 3. The van der Waals surface area contributed by atoms with E-state index in [0.29, 0.717) is 13.2 Å². The number of hydrogen-bond donors (Lipinski definition) is 2. The van der Waals surface area contributed by atoms with E-state index in [9.17, 15) is 4.79 Å². The smallest absolute Gasteiger partial charge is 0.330 e. The largest absolute Gasteiger partial charge is 0.378 e. The lowest BCUT2D eigenvalue weighted by Gasteiger charge is -2.35. The Morgan fingerprint density at radius 1 is 1.24 bits per heavy atom. The minimum atomic E-state index is -0.502. The molecule has 0 bridgehead atoms. The summed E-state index contributed by atoms with van der Waals surface area (Å²) in [5, 5.41) is 3.36. The highest BCUT2D eigenvalue weighted by molar-refractivity contribution is 5.49. The Morgan fingerprint density at radius 3 is 2.48 bits per heavy atom. The zero-order valence-corrected chi connectivity index (χ0v) is 12.1. The van der Waals surface area contributed by atoms with Crippen LogP contribution in [0.1, 0.15) is 13.8 Å². The van der Waals surface area contributed by atoms with Crippen LogP contribution in [-0.2, 0) is 9.47 Å². The topological polar surface area (TPSA) is 68.3 Å². The van der Waals surface area contributed by atoms with Crippen LogP contribution in [0.5, 0.6) is 0 Å². The van der Waals surface area contributed by atoms with Crippen LogP contribution in [0.2, 0.25) is 0 Å². The summed E-state index contributed by atoms with van der Waals surface area (Å²) in [6.45, 7) is 5.03. The highest BCUT2D eigenvalue weighted by Crippen LogP contribution is 2.20. The number of H-pyrrole nitrogens is 1. The van der Waals surface area contributed by atoms with Crippen LogP contribution < -0.4 is 11.0 Å². The van der Waals surface area contributed by atoms with Crippen molar-refractivity contribution in [2.45, 2.75) is 25.7 Å². The molecule has 0 radical (unpaired) electrons. The lowest BCUT2D eigenvalue weighted by Crippen LogP contribution is -2.45. The van der Waals surface area contributed by atoms with Gasteiger partial charge in [0, 0.05) is 18.1 Å². The van der Waals surface area contributed by atoms with Gasteiger partial charge in [0.15, 0.2) is 5.79 Å². The third-order valence-corrected chi connectivity index (χ3v) is 3.43. The number of anilines is 1. The Balaban J connectivity index is 1.66. The van der Waals surface area contributed by atoms with Gasteiger partial charge in [-0.3, -0.25) is 4.57 Å². The summed E-state index contributed by atoms with van der Waals surface area (Å²) >= 11 is 0. The first-order valence-electron chi connectivity index (χ1n) is 6.94. The van der Waals surface area contributed by atoms with Crippen LogP contribution in [0.4, 0.5) is 5.69 Å². The van der Waals surface area contributed by atoms with Crippen molar-refractivity contribution in [2.24, 2.45) is 0 Å². The normalized spacial score (nSPS) is 18.6. The molecule has 1 aromatic carbocycles. The molecule has 0 aliphatic carbocycles. The van der Waals surface area contributed by atoms with Crippen LogP contribution in [0.25, 0.3) is 5.69 Å². The fourth-order valence-electron chi connectivity index (χ4n) is 2.25. The molecule has 0 atom stereocenters. The van der Waals surface area contributed by atoms with Crippen molar-refractivity contribution in [1.29, 1.82) is 0 Å². The molecule has 1 fully saturated rings. The molecule has 112 valence electrons. The van der Waals surface area contributed by atoms with Crippen molar-refractivity contribution < 1.29 is 9.47 Å². The van der Waals surface area contributed by atoms with Gasteiger partial charge in [-0.1, -0.05) is 0 Å². The van der Waals surface area contributed by atoms with Crippen molar-refractivity contribution in [1.82, 2.24) is 9.55 Å². The van der Waals surface area contributed by atoms with E-state index < -0.39 is 5.79 Å². The molecule has 1 aliphatic heterocycles. The lowest BCUT2D eigenvalue weighted by atomic mass is 10.2. The molecule has 3 rings (SSSR count). The van der Waals surface area contributed by atoms with Crippen LogP contribution >= 0.6 is 0 Å². The van der Waals surface area contributed by atoms with Gasteiger partial charge in [-0.2, -0.15) is 0 Å². The molecular weight excluding hydrogens is 270 g/mol. The minimum absolute atomic E-state index is 0.124. The fourth-order valence-corrected chi connectivity index (χ4v) is 2.25. The molecule has 0 saturated carbocycles. The standard InChI is InChI=1S/C15H19N3O3/c1-15(2)20-9-12(10-21-15)17-11-3-5-13(6-4-11)18-8-7-16-14(18)19/h3-8,12,17H,9-10H2,1-2H3,(H,16,19). The average Bonchev–Trinajstić information content (AvgIpc) is 2.88. The number of nitrogens with zero attached hydrogens (tertiary/aromatic N) is 1. The second-order valence-corrected chi connectivity index (χ2v) is 5.55. The molecular formula is C15H19N3O3. The zero-order chi connectivity index (χ0) is 14.9. The molecule has 21 heavy (non-hydrogen) atoms. The van der Waals surface area contributed by atoms with Crippen molar-refractivity contribution in [3.63, 3.8) is 0 Å². The molecule has 1 saturated heterocycles. The van der Waals surface area contributed by atoms with E-state index >= 15 is 0 Å². The molecule has 2 aromatic rings. The second kappa shape index (κ2) is 5.38. The predicted molar refractivity (Wildman–Crippen MR) is 79.8 cm³/mol. The molecule has 0 unspecified atom stereocenters. The van der Waals surface area contributed by atoms with Crippen molar-refractivity contribution >= 4 is 5.69 Å². The summed E-state index contributed by atoms with van der Waals surface area (Å²) in [4.78, 5) is 14.2. The maximum Gasteiger partial charge on any atom is 0.330 e. The van der Waals surface area contributed by atoms with Gasteiger partial charge in [-0.15, -0.1) is 0 Å². The van der Waals surface area contributed by atoms with E-state index in [1.807, 2.05) is 38.1 Å². The van der Waals surface area contributed by atoms with Gasteiger partial charge in [-0.05, 0) is 38.1 Å². The summed E-state index contributed by atoms with van der Waals surface area (Å²) in [7, 11) is 0.